The van der Waals surface area contributed by atoms with Crippen LogP contribution in [0.25, 0.3) is 22.3 Å². The van der Waals surface area contributed by atoms with Crippen molar-refractivity contribution in [2.45, 2.75) is 13.3 Å². The molecule has 0 aliphatic rings. The van der Waals surface area contributed by atoms with Crippen molar-refractivity contribution in [3.63, 3.8) is 0 Å². The summed E-state index contributed by atoms with van der Waals surface area (Å²) in [6, 6.07) is 11.8. The number of benzene rings is 3. The Morgan fingerprint density at radius 2 is 1.82 bits per heavy atom. The lowest BCUT2D eigenvalue weighted by Gasteiger charge is -2.11. The van der Waals surface area contributed by atoms with Crippen LogP contribution in [0.2, 0.25) is 5.02 Å². The standard InChI is InChI=1S/C24H17ClF3N3O2S/c1-2-9-33-34-31-19-11-16(26)22(27)21(23(19)28)24(32)14-5-8-17-18(10-14)30-20(12-29-17)13-3-6-15(25)7-4-13/h3-8,10-12,31H,2,9H2,1H3. The van der Waals surface area contributed by atoms with Gasteiger partial charge in [-0.05, 0) is 36.8 Å². The van der Waals surface area contributed by atoms with Crippen molar-refractivity contribution in [3.8, 4) is 11.3 Å². The summed E-state index contributed by atoms with van der Waals surface area (Å²) in [4.78, 5) is 21.9. The van der Waals surface area contributed by atoms with Crippen LogP contribution in [0.4, 0.5) is 18.9 Å². The lowest BCUT2D eigenvalue weighted by molar-refractivity contribution is 0.103. The van der Waals surface area contributed by atoms with Gasteiger partial charge in [0.15, 0.2) is 23.2 Å². The quantitative estimate of drug-likeness (QED) is 0.0918. The molecule has 1 N–H and O–H groups in total. The zero-order chi connectivity index (χ0) is 24.2. The first-order chi connectivity index (χ1) is 16.4. The van der Waals surface area contributed by atoms with Crippen molar-refractivity contribution in [1.82, 2.24) is 9.97 Å². The molecule has 0 amide bonds. The molecule has 10 heteroatoms. The van der Waals surface area contributed by atoms with Gasteiger partial charge in [-0.25, -0.2) is 18.2 Å². The fourth-order valence-corrected chi connectivity index (χ4v) is 3.81. The minimum Gasteiger partial charge on any atom is -0.304 e. The van der Waals surface area contributed by atoms with E-state index in [2.05, 4.69) is 14.7 Å². The van der Waals surface area contributed by atoms with Crippen LogP contribution < -0.4 is 4.72 Å². The van der Waals surface area contributed by atoms with E-state index in [4.69, 9.17) is 15.8 Å². The summed E-state index contributed by atoms with van der Waals surface area (Å²) in [5.41, 5.74) is 0.579. The molecule has 1 aromatic heterocycles. The Morgan fingerprint density at radius 3 is 2.56 bits per heavy atom. The smallest absolute Gasteiger partial charge is 0.199 e. The summed E-state index contributed by atoms with van der Waals surface area (Å²) in [6.07, 6.45) is 2.28. The van der Waals surface area contributed by atoms with Crippen molar-refractivity contribution < 1.29 is 22.1 Å². The summed E-state index contributed by atoms with van der Waals surface area (Å²) in [6.45, 7) is 2.24. The van der Waals surface area contributed by atoms with Crippen LogP contribution in [-0.2, 0) is 4.18 Å². The number of rotatable bonds is 8. The number of aromatic nitrogens is 2. The highest BCUT2D eigenvalue weighted by atomic mass is 35.5. The van der Waals surface area contributed by atoms with E-state index in [-0.39, 0.29) is 5.56 Å². The van der Waals surface area contributed by atoms with Crippen molar-refractivity contribution >= 4 is 46.3 Å². The van der Waals surface area contributed by atoms with Gasteiger partial charge in [-0.1, -0.05) is 30.7 Å². The third-order valence-corrected chi connectivity index (χ3v) is 5.67. The topological polar surface area (TPSA) is 64.1 Å². The van der Waals surface area contributed by atoms with Crippen LogP contribution in [0.1, 0.15) is 29.3 Å². The molecule has 0 saturated heterocycles. The lowest BCUT2D eigenvalue weighted by Crippen LogP contribution is -2.11. The van der Waals surface area contributed by atoms with Gasteiger partial charge in [0.1, 0.15) is 12.2 Å². The first-order valence-corrected chi connectivity index (χ1v) is 11.3. The van der Waals surface area contributed by atoms with E-state index in [0.717, 1.165) is 5.56 Å². The van der Waals surface area contributed by atoms with Crippen molar-refractivity contribution in [2.24, 2.45) is 0 Å². The Kier molecular flexibility index (Phi) is 7.35. The van der Waals surface area contributed by atoms with Gasteiger partial charge in [0, 0.05) is 22.2 Å². The molecular formula is C24H17ClF3N3O2S. The number of hydrogen-bond donors (Lipinski definition) is 1. The van der Waals surface area contributed by atoms with Gasteiger partial charge in [0.05, 0.1) is 40.8 Å². The molecule has 4 aromatic rings. The monoisotopic (exact) mass is 503 g/mol. The molecular weight excluding hydrogens is 487 g/mol. The molecule has 0 radical (unpaired) electrons. The molecule has 0 bridgehead atoms. The van der Waals surface area contributed by atoms with Crippen LogP contribution in [0.3, 0.4) is 0 Å². The van der Waals surface area contributed by atoms with Crippen molar-refractivity contribution in [1.29, 1.82) is 0 Å². The summed E-state index contributed by atoms with van der Waals surface area (Å²) in [5, 5.41) is 0.564. The molecule has 0 saturated carbocycles. The number of nitrogens with zero attached hydrogens (tertiary/aromatic N) is 2. The van der Waals surface area contributed by atoms with Gasteiger partial charge in [0.25, 0.3) is 0 Å². The summed E-state index contributed by atoms with van der Waals surface area (Å²) < 4.78 is 51.2. The van der Waals surface area contributed by atoms with E-state index in [1.54, 1.807) is 30.5 Å². The van der Waals surface area contributed by atoms with Gasteiger partial charge in [-0.2, -0.15) is 0 Å². The first-order valence-electron chi connectivity index (χ1n) is 10.2. The minimum absolute atomic E-state index is 0.0701. The van der Waals surface area contributed by atoms with E-state index in [0.29, 0.717) is 53.1 Å². The summed E-state index contributed by atoms with van der Waals surface area (Å²) >= 11 is 6.58. The number of nitrogens with one attached hydrogen (secondary N) is 1. The molecule has 1 heterocycles. The zero-order valence-corrected chi connectivity index (χ0v) is 19.3. The number of carbonyl (C=O) groups is 1. The van der Waals surface area contributed by atoms with E-state index >= 15 is 0 Å². The molecule has 0 aliphatic heterocycles. The summed E-state index contributed by atoms with van der Waals surface area (Å²) in [5.74, 6) is -5.20. The Labute approximate surface area is 202 Å². The Hall–Kier alpha value is -3.14. The van der Waals surface area contributed by atoms with Crippen LogP contribution in [0.15, 0.2) is 54.7 Å². The number of fused-ring (bicyclic) bond motifs is 1. The molecule has 0 unspecified atom stereocenters. The second kappa shape index (κ2) is 10.4. The maximum absolute atomic E-state index is 15.0. The number of anilines is 1. The SMILES string of the molecule is CCCOSNc1cc(F)c(F)c(C(=O)c2ccc3ncc(-c4ccc(Cl)cc4)nc3c2)c1F. The molecule has 0 atom stereocenters. The van der Waals surface area contributed by atoms with Gasteiger partial charge in [0.2, 0.25) is 0 Å². The van der Waals surface area contributed by atoms with Gasteiger partial charge in [-0.3, -0.25) is 14.0 Å². The second-order valence-electron chi connectivity index (χ2n) is 7.21. The molecule has 5 nitrogen and oxygen atoms in total. The Morgan fingerprint density at radius 1 is 1.06 bits per heavy atom. The van der Waals surface area contributed by atoms with Crippen LogP contribution in [-0.4, -0.2) is 22.4 Å². The third-order valence-electron chi connectivity index (χ3n) is 4.83. The van der Waals surface area contributed by atoms with Gasteiger partial charge in [-0.15, -0.1) is 0 Å². The van der Waals surface area contributed by atoms with Crippen LogP contribution >= 0.6 is 23.8 Å². The number of hydrogen-bond acceptors (Lipinski definition) is 6. The Bertz CT molecular complexity index is 1370. The average molecular weight is 504 g/mol. The molecule has 0 aliphatic carbocycles. The molecule has 4 rings (SSSR count). The first kappa shape index (κ1) is 24.0. The number of ketones is 1. The molecule has 3 aromatic carbocycles. The zero-order valence-electron chi connectivity index (χ0n) is 17.7. The number of carbonyl (C=O) groups excluding carboxylic acids is 1. The lowest BCUT2D eigenvalue weighted by atomic mass is 10.0. The highest BCUT2D eigenvalue weighted by molar-refractivity contribution is 7.96. The average Bonchev–Trinajstić information content (AvgIpc) is 2.84. The predicted octanol–water partition coefficient (Wildman–Crippen LogP) is 7.00. The fraction of sp³-hybridized carbons (Fsp3) is 0.125. The summed E-state index contributed by atoms with van der Waals surface area (Å²) in [7, 11) is 0. The van der Waals surface area contributed by atoms with E-state index in [9.17, 15) is 18.0 Å². The maximum atomic E-state index is 15.0. The molecule has 0 fully saturated rings. The van der Waals surface area contributed by atoms with Crippen molar-refractivity contribution in [2.75, 3.05) is 11.3 Å². The van der Waals surface area contributed by atoms with E-state index < -0.39 is 34.5 Å². The predicted molar refractivity (Wildman–Crippen MR) is 127 cm³/mol. The molecule has 174 valence electrons. The highest BCUT2D eigenvalue weighted by Crippen LogP contribution is 2.29. The molecule has 0 spiro atoms. The molecule has 34 heavy (non-hydrogen) atoms. The van der Waals surface area contributed by atoms with E-state index in [1.165, 1.54) is 18.2 Å². The maximum Gasteiger partial charge on any atom is 0.199 e. The van der Waals surface area contributed by atoms with E-state index in [1.807, 2.05) is 6.92 Å². The fourth-order valence-electron chi connectivity index (χ4n) is 3.13. The largest absolute Gasteiger partial charge is 0.304 e. The normalized spacial score (nSPS) is 11.1. The van der Waals surface area contributed by atoms with Gasteiger partial charge < -0.3 is 4.72 Å². The Balaban J connectivity index is 1.70. The van der Waals surface area contributed by atoms with Crippen molar-refractivity contribution in [3.05, 3.63) is 88.3 Å². The van der Waals surface area contributed by atoms with Crippen LogP contribution in [0, 0.1) is 17.5 Å². The van der Waals surface area contributed by atoms with Crippen LogP contribution in [0.5, 0.6) is 0 Å². The number of halogens is 4. The van der Waals surface area contributed by atoms with Gasteiger partial charge >= 0.3 is 0 Å². The highest BCUT2D eigenvalue weighted by Gasteiger charge is 2.26. The second-order valence-corrected chi connectivity index (χ2v) is 8.25. The third kappa shape index (κ3) is 5.01. The minimum atomic E-state index is -1.58.